The molecule has 24 heavy (non-hydrogen) atoms. The number of aromatic amines is 1. The van der Waals surface area contributed by atoms with E-state index >= 15 is 0 Å². The largest absolute Gasteiger partial charge is 0.508 e. The SMILES string of the molecule is O=C(NCCc1nc2ccccc2[nH]1)C1CCc2cccc(O)c21. The Morgan fingerprint density at radius 2 is 2.12 bits per heavy atom. The number of hydrogen-bond donors (Lipinski definition) is 3. The Morgan fingerprint density at radius 1 is 1.25 bits per heavy atom. The number of fused-ring (bicyclic) bond motifs is 2. The van der Waals surface area contributed by atoms with E-state index in [4.69, 9.17) is 0 Å². The van der Waals surface area contributed by atoms with Gasteiger partial charge in [0.05, 0.1) is 17.0 Å². The highest BCUT2D eigenvalue weighted by molar-refractivity contribution is 5.85. The molecule has 0 saturated carbocycles. The lowest BCUT2D eigenvalue weighted by Gasteiger charge is -2.13. The van der Waals surface area contributed by atoms with Crippen LogP contribution in [-0.4, -0.2) is 27.5 Å². The maximum Gasteiger partial charge on any atom is 0.227 e. The van der Waals surface area contributed by atoms with Gasteiger partial charge < -0.3 is 15.4 Å². The molecule has 5 nitrogen and oxygen atoms in total. The van der Waals surface area contributed by atoms with Crippen LogP contribution in [0.15, 0.2) is 42.5 Å². The van der Waals surface area contributed by atoms with Crippen LogP contribution in [0.4, 0.5) is 0 Å². The first-order chi connectivity index (χ1) is 11.7. The van der Waals surface area contributed by atoms with Gasteiger partial charge in [-0.3, -0.25) is 4.79 Å². The number of amides is 1. The Kier molecular flexibility index (Phi) is 3.69. The highest BCUT2D eigenvalue weighted by atomic mass is 16.3. The number of aromatic hydroxyl groups is 1. The van der Waals surface area contributed by atoms with Crippen LogP contribution in [0, 0.1) is 0 Å². The molecule has 0 saturated heterocycles. The zero-order valence-corrected chi connectivity index (χ0v) is 13.2. The molecule has 1 aliphatic rings. The summed E-state index contributed by atoms with van der Waals surface area (Å²) < 4.78 is 0. The number of H-pyrrole nitrogens is 1. The molecule has 0 fully saturated rings. The van der Waals surface area contributed by atoms with Crippen LogP contribution >= 0.6 is 0 Å². The molecule has 1 aromatic heterocycles. The van der Waals surface area contributed by atoms with Gasteiger partial charge in [-0.05, 0) is 36.6 Å². The topological polar surface area (TPSA) is 78.0 Å². The van der Waals surface area contributed by atoms with Gasteiger partial charge in [-0.1, -0.05) is 24.3 Å². The Labute approximate surface area is 139 Å². The first kappa shape index (κ1) is 14.8. The molecule has 1 aliphatic carbocycles. The Bertz CT molecular complexity index is 868. The second-order valence-electron chi connectivity index (χ2n) is 6.18. The predicted molar refractivity (Wildman–Crippen MR) is 92.0 cm³/mol. The van der Waals surface area contributed by atoms with Crippen molar-refractivity contribution < 1.29 is 9.90 Å². The lowest BCUT2D eigenvalue weighted by molar-refractivity contribution is -0.122. The second kappa shape index (κ2) is 6.00. The summed E-state index contributed by atoms with van der Waals surface area (Å²) in [6.45, 7) is 0.526. The highest BCUT2D eigenvalue weighted by Gasteiger charge is 2.30. The number of imidazole rings is 1. The van der Waals surface area contributed by atoms with Gasteiger partial charge in [0.15, 0.2) is 0 Å². The smallest absolute Gasteiger partial charge is 0.227 e. The van der Waals surface area contributed by atoms with E-state index in [1.807, 2.05) is 36.4 Å². The Balaban J connectivity index is 1.39. The summed E-state index contributed by atoms with van der Waals surface area (Å²) >= 11 is 0. The number of aromatic nitrogens is 2. The standard InChI is InChI=1S/C19H19N3O2/c23-16-7-3-4-12-8-9-13(18(12)16)19(24)20-11-10-17-21-14-5-1-2-6-15(14)22-17/h1-7,13,23H,8-11H2,(H,20,24)(H,21,22). The average molecular weight is 321 g/mol. The zero-order chi connectivity index (χ0) is 16.5. The van der Waals surface area contributed by atoms with Crippen molar-refractivity contribution in [2.75, 3.05) is 6.54 Å². The molecule has 1 heterocycles. The van der Waals surface area contributed by atoms with Gasteiger partial charge in [-0.15, -0.1) is 0 Å². The number of carbonyl (C=O) groups excluding carboxylic acids is 1. The minimum Gasteiger partial charge on any atom is -0.508 e. The van der Waals surface area contributed by atoms with Crippen molar-refractivity contribution in [3.8, 4) is 5.75 Å². The van der Waals surface area contributed by atoms with Crippen LogP contribution < -0.4 is 5.32 Å². The average Bonchev–Trinajstić information content (AvgIpc) is 3.18. The van der Waals surface area contributed by atoms with Gasteiger partial charge in [-0.25, -0.2) is 4.98 Å². The maximum atomic E-state index is 12.5. The van der Waals surface area contributed by atoms with Crippen LogP contribution in [0.1, 0.15) is 29.3 Å². The normalized spacial score (nSPS) is 16.2. The van der Waals surface area contributed by atoms with E-state index in [0.717, 1.165) is 40.8 Å². The molecule has 0 spiro atoms. The Morgan fingerprint density at radius 3 is 3.00 bits per heavy atom. The van der Waals surface area contributed by atoms with Crippen molar-refractivity contribution >= 4 is 16.9 Å². The number of phenolic OH excluding ortho intramolecular Hbond substituents is 1. The first-order valence-electron chi connectivity index (χ1n) is 8.24. The molecular formula is C19H19N3O2. The number of benzene rings is 2. The van der Waals surface area contributed by atoms with Crippen LogP contribution in [0.2, 0.25) is 0 Å². The zero-order valence-electron chi connectivity index (χ0n) is 13.2. The van der Waals surface area contributed by atoms with E-state index in [9.17, 15) is 9.90 Å². The molecule has 1 amide bonds. The molecule has 1 atom stereocenters. The van der Waals surface area contributed by atoms with Crippen molar-refractivity contribution in [2.45, 2.75) is 25.2 Å². The number of phenols is 1. The van der Waals surface area contributed by atoms with Crippen molar-refractivity contribution in [2.24, 2.45) is 0 Å². The third kappa shape index (κ3) is 2.62. The summed E-state index contributed by atoms with van der Waals surface area (Å²) in [6, 6.07) is 13.3. The summed E-state index contributed by atoms with van der Waals surface area (Å²) in [5.41, 5.74) is 3.81. The second-order valence-corrected chi connectivity index (χ2v) is 6.18. The third-order valence-corrected chi connectivity index (χ3v) is 4.64. The first-order valence-corrected chi connectivity index (χ1v) is 8.24. The van der Waals surface area contributed by atoms with Gasteiger partial charge in [0.25, 0.3) is 0 Å². The number of para-hydroxylation sites is 2. The highest BCUT2D eigenvalue weighted by Crippen LogP contribution is 2.38. The number of aryl methyl sites for hydroxylation is 1. The van der Waals surface area contributed by atoms with Gasteiger partial charge in [0.1, 0.15) is 11.6 Å². The van der Waals surface area contributed by atoms with Crippen molar-refractivity contribution in [1.29, 1.82) is 0 Å². The fraction of sp³-hybridized carbons (Fsp3) is 0.263. The van der Waals surface area contributed by atoms with E-state index in [-0.39, 0.29) is 17.6 Å². The number of carbonyl (C=O) groups is 1. The van der Waals surface area contributed by atoms with E-state index in [1.54, 1.807) is 6.07 Å². The summed E-state index contributed by atoms with van der Waals surface area (Å²) in [5, 5.41) is 13.0. The molecule has 0 bridgehead atoms. The van der Waals surface area contributed by atoms with E-state index in [2.05, 4.69) is 15.3 Å². The minimum atomic E-state index is -0.253. The molecule has 4 rings (SSSR count). The summed E-state index contributed by atoms with van der Waals surface area (Å²) in [4.78, 5) is 20.2. The number of hydrogen-bond acceptors (Lipinski definition) is 3. The van der Waals surface area contributed by atoms with Crippen molar-refractivity contribution in [3.05, 3.63) is 59.4 Å². The van der Waals surface area contributed by atoms with Gasteiger partial charge in [0.2, 0.25) is 5.91 Å². The Hall–Kier alpha value is -2.82. The fourth-order valence-electron chi connectivity index (χ4n) is 3.48. The fourth-order valence-corrected chi connectivity index (χ4v) is 3.48. The molecule has 2 aromatic carbocycles. The van der Waals surface area contributed by atoms with Crippen LogP contribution in [0.25, 0.3) is 11.0 Å². The van der Waals surface area contributed by atoms with Gasteiger partial charge in [-0.2, -0.15) is 0 Å². The molecule has 0 radical (unpaired) electrons. The van der Waals surface area contributed by atoms with E-state index in [0.29, 0.717) is 13.0 Å². The van der Waals surface area contributed by atoms with Crippen LogP contribution in [-0.2, 0) is 17.6 Å². The molecule has 0 aliphatic heterocycles. The lowest BCUT2D eigenvalue weighted by atomic mass is 9.99. The molecule has 3 N–H and O–H groups in total. The summed E-state index contributed by atoms with van der Waals surface area (Å²) in [7, 11) is 0. The summed E-state index contributed by atoms with van der Waals surface area (Å²) in [5.74, 6) is 0.817. The monoisotopic (exact) mass is 321 g/mol. The quantitative estimate of drug-likeness (QED) is 0.691. The number of nitrogens with zero attached hydrogens (tertiary/aromatic N) is 1. The van der Waals surface area contributed by atoms with Crippen LogP contribution in [0.3, 0.4) is 0 Å². The lowest BCUT2D eigenvalue weighted by Crippen LogP contribution is -2.30. The van der Waals surface area contributed by atoms with E-state index in [1.165, 1.54) is 0 Å². The summed E-state index contributed by atoms with van der Waals surface area (Å²) in [6.07, 6.45) is 2.25. The molecule has 1 unspecified atom stereocenters. The van der Waals surface area contributed by atoms with Crippen molar-refractivity contribution in [1.82, 2.24) is 15.3 Å². The third-order valence-electron chi connectivity index (χ3n) is 4.64. The number of nitrogens with one attached hydrogen (secondary N) is 2. The molecule has 5 heteroatoms. The molecule has 3 aromatic rings. The molecular weight excluding hydrogens is 302 g/mol. The van der Waals surface area contributed by atoms with Gasteiger partial charge >= 0.3 is 0 Å². The van der Waals surface area contributed by atoms with E-state index < -0.39 is 0 Å². The maximum absolute atomic E-state index is 12.5. The minimum absolute atomic E-state index is 0.0219. The van der Waals surface area contributed by atoms with Gasteiger partial charge in [0, 0.05) is 18.5 Å². The van der Waals surface area contributed by atoms with Crippen LogP contribution in [0.5, 0.6) is 5.75 Å². The predicted octanol–water partition coefficient (Wildman–Crippen LogP) is 2.66. The van der Waals surface area contributed by atoms with Crippen molar-refractivity contribution in [3.63, 3.8) is 0 Å². The molecule has 122 valence electrons. The number of rotatable bonds is 4.